The Hall–Kier alpha value is -1.90. The molecule has 4 saturated carbocycles. The molecule has 1 N–H and O–H groups in total. The molecule has 7 nitrogen and oxygen atoms in total. The first-order valence-electron chi connectivity index (χ1n) is 11.2. The Balaban J connectivity index is 1.25. The zero-order valence-electron chi connectivity index (χ0n) is 17.8. The third-order valence-electron chi connectivity index (χ3n) is 7.70. The Labute approximate surface area is 210 Å². The minimum atomic E-state index is -0.432. The van der Waals surface area contributed by atoms with Gasteiger partial charge in [0.2, 0.25) is 10.6 Å². The molecule has 2 atom stereocenters. The number of halogens is 3. The average Bonchev–Trinajstić information content (AvgIpc) is 3.35. The van der Waals surface area contributed by atoms with Crippen LogP contribution in [0.5, 0.6) is 0 Å². The first-order chi connectivity index (χ1) is 15.8. The van der Waals surface area contributed by atoms with Crippen LogP contribution >= 0.6 is 39.1 Å². The van der Waals surface area contributed by atoms with Gasteiger partial charge in [-0.3, -0.25) is 9.48 Å². The Kier molecular flexibility index (Phi) is 5.12. The van der Waals surface area contributed by atoms with E-state index in [2.05, 4.69) is 36.4 Å². The Bertz CT molecular complexity index is 1230. The number of nitrogens with zero attached hydrogens (tertiary/aromatic N) is 5. The molecule has 2 heterocycles. The molecule has 0 spiro atoms. The maximum atomic E-state index is 13.7. The minimum absolute atomic E-state index is 0.0186. The van der Waals surface area contributed by atoms with Gasteiger partial charge in [-0.1, -0.05) is 41.4 Å². The van der Waals surface area contributed by atoms with Crippen LogP contribution < -0.4 is 5.32 Å². The number of benzene rings is 1. The third-order valence-corrected chi connectivity index (χ3v) is 8.71. The van der Waals surface area contributed by atoms with Crippen molar-refractivity contribution in [2.45, 2.75) is 50.6 Å². The van der Waals surface area contributed by atoms with Crippen molar-refractivity contribution in [1.82, 2.24) is 24.5 Å². The molecule has 7 rings (SSSR count). The molecule has 0 radical (unpaired) electrons. The highest BCUT2D eigenvalue weighted by molar-refractivity contribution is 9.10. The first kappa shape index (κ1) is 21.6. The normalized spacial score (nSPS) is 30.0. The van der Waals surface area contributed by atoms with E-state index in [1.54, 1.807) is 17.2 Å². The molecule has 4 fully saturated rings. The predicted molar refractivity (Wildman–Crippen MR) is 129 cm³/mol. The fraction of sp³-hybridized carbons (Fsp3) is 0.478. The van der Waals surface area contributed by atoms with Crippen molar-refractivity contribution in [3.8, 4) is 0 Å². The summed E-state index contributed by atoms with van der Waals surface area (Å²) in [5, 5.41) is 13.3. The highest BCUT2D eigenvalue weighted by Gasteiger charge is 2.61. The molecule has 3 aromatic rings. The van der Waals surface area contributed by atoms with E-state index in [0.717, 1.165) is 37.7 Å². The lowest BCUT2D eigenvalue weighted by molar-refractivity contribution is -0.150. The molecule has 10 heteroatoms. The number of hydrogen-bond acceptors (Lipinski definition) is 4. The molecule has 1 amide bonds. The van der Waals surface area contributed by atoms with Crippen molar-refractivity contribution in [3.05, 3.63) is 57.1 Å². The van der Waals surface area contributed by atoms with Gasteiger partial charge in [0.25, 0.3) is 0 Å². The van der Waals surface area contributed by atoms with E-state index in [4.69, 9.17) is 23.2 Å². The van der Waals surface area contributed by atoms with Crippen molar-refractivity contribution in [1.29, 1.82) is 0 Å². The fourth-order valence-corrected chi connectivity index (χ4v) is 7.48. The Morgan fingerprint density at radius 3 is 2.58 bits per heavy atom. The molecule has 1 aromatic carbocycles. The first-order valence-corrected chi connectivity index (χ1v) is 12.7. The molecule has 2 unspecified atom stereocenters. The van der Waals surface area contributed by atoms with Crippen molar-refractivity contribution in [3.63, 3.8) is 0 Å². The van der Waals surface area contributed by atoms with Gasteiger partial charge in [0, 0.05) is 11.2 Å². The Morgan fingerprint density at radius 2 is 1.88 bits per heavy atom. The molecular formula is C23H23BrCl2N6O. The minimum Gasteiger partial charge on any atom is -0.307 e. The van der Waals surface area contributed by atoms with Crippen molar-refractivity contribution >= 4 is 50.9 Å². The topological polar surface area (TPSA) is 77.6 Å². The molecule has 4 aliphatic carbocycles. The van der Waals surface area contributed by atoms with E-state index in [-0.39, 0.29) is 11.4 Å². The number of carbonyl (C=O) groups excluding carboxylic acids is 1. The molecule has 4 aliphatic rings. The molecule has 2 aromatic heterocycles. The fourth-order valence-electron chi connectivity index (χ4n) is 6.82. The van der Waals surface area contributed by atoms with Crippen LogP contribution in [0.4, 0.5) is 5.82 Å². The van der Waals surface area contributed by atoms with Gasteiger partial charge in [0.15, 0.2) is 5.82 Å². The number of anilines is 1. The molecule has 0 aliphatic heterocycles. The summed E-state index contributed by atoms with van der Waals surface area (Å²) in [6.45, 7) is 0.481. The van der Waals surface area contributed by atoms with Gasteiger partial charge >= 0.3 is 0 Å². The van der Waals surface area contributed by atoms with Crippen LogP contribution in [0.25, 0.3) is 0 Å². The lowest BCUT2D eigenvalue weighted by atomic mass is 9.46. The van der Waals surface area contributed by atoms with Gasteiger partial charge in [-0.05, 0) is 77.9 Å². The predicted octanol–water partition coefficient (Wildman–Crippen LogP) is 5.53. The van der Waals surface area contributed by atoms with Crippen molar-refractivity contribution in [2.24, 2.45) is 17.3 Å². The highest BCUT2D eigenvalue weighted by atomic mass is 79.9. The van der Waals surface area contributed by atoms with Gasteiger partial charge in [-0.15, -0.1) is 5.10 Å². The number of nitrogens with one attached hydrogen (secondary N) is 1. The SMILES string of the molecule is O=C(Nc1nn(Cc2ccccc2Cl)cc1Cl)C12CC3CC(C1)CC(n1cnc(Br)n1)(C3)C2. The van der Waals surface area contributed by atoms with E-state index >= 15 is 0 Å². The van der Waals surface area contributed by atoms with Crippen LogP contribution in [-0.4, -0.2) is 30.5 Å². The van der Waals surface area contributed by atoms with E-state index < -0.39 is 5.41 Å². The molecule has 33 heavy (non-hydrogen) atoms. The lowest BCUT2D eigenvalue weighted by Gasteiger charge is -2.60. The van der Waals surface area contributed by atoms with Gasteiger partial charge < -0.3 is 5.32 Å². The second kappa shape index (κ2) is 7.82. The molecule has 4 bridgehead atoms. The largest absolute Gasteiger partial charge is 0.307 e. The van der Waals surface area contributed by atoms with Crippen LogP contribution in [-0.2, 0) is 16.9 Å². The third kappa shape index (κ3) is 3.70. The number of hydrogen-bond donors (Lipinski definition) is 1. The summed E-state index contributed by atoms with van der Waals surface area (Å²) in [6.07, 6.45) is 9.43. The van der Waals surface area contributed by atoms with Crippen LogP contribution in [0.3, 0.4) is 0 Å². The zero-order chi connectivity index (χ0) is 22.8. The smallest absolute Gasteiger partial charge is 0.231 e. The summed E-state index contributed by atoms with van der Waals surface area (Å²) in [5.74, 6) is 1.47. The van der Waals surface area contributed by atoms with Gasteiger partial charge in [0.05, 0.1) is 17.5 Å². The number of carbonyl (C=O) groups is 1. The standard InChI is InChI=1S/C23H23BrCl2N6O/c24-21-27-13-32(30-21)23-8-14-5-15(9-23)7-22(6-14,12-23)20(33)28-19-18(26)11-31(29-19)10-16-3-1-2-4-17(16)25/h1-4,11,13-15H,5-10,12H2,(H,28,29,33). The van der Waals surface area contributed by atoms with Crippen LogP contribution in [0.1, 0.15) is 44.1 Å². The van der Waals surface area contributed by atoms with E-state index in [9.17, 15) is 4.79 Å². The summed E-state index contributed by atoms with van der Waals surface area (Å²) < 4.78 is 4.31. The van der Waals surface area contributed by atoms with Crippen LogP contribution in [0, 0.1) is 17.3 Å². The quantitative estimate of drug-likeness (QED) is 0.454. The second-order valence-electron chi connectivity index (χ2n) is 9.99. The van der Waals surface area contributed by atoms with Gasteiger partial charge in [-0.25, -0.2) is 9.67 Å². The molecular weight excluding hydrogens is 527 g/mol. The number of aromatic nitrogens is 5. The van der Waals surface area contributed by atoms with E-state index in [1.807, 2.05) is 28.9 Å². The zero-order valence-corrected chi connectivity index (χ0v) is 20.9. The lowest BCUT2D eigenvalue weighted by Crippen LogP contribution is -2.60. The van der Waals surface area contributed by atoms with Crippen LogP contribution in [0.2, 0.25) is 10.0 Å². The molecule has 0 saturated heterocycles. The summed E-state index contributed by atoms with van der Waals surface area (Å²) in [5.41, 5.74) is 0.365. The van der Waals surface area contributed by atoms with E-state index in [1.165, 1.54) is 6.42 Å². The van der Waals surface area contributed by atoms with E-state index in [0.29, 0.717) is 39.0 Å². The summed E-state index contributed by atoms with van der Waals surface area (Å²) in [7, 11) is 0. The number of amides is 1. The second-order valence-corrected chi connectivity index (χ2v) is 11.5. The Morgan fingerprint density at radius 1 is 1.12 bits per heavy atom. The maximum absolute atomic E-state index is 13.7. The summed E-state index contributed by atoms with van der Waals surface area (Å²) >= 11 is 16.1. The maximum Gasteiger partial charge on any atom is 0.231 e. The van der Waals surface area contributed by atoms with Crippen molar-refractivity contribution < 1.29 is 4.79 Å². The summed E-state index contributed by atoms with van der Waals surface area (Å²) in [6, 6.07) is 7.63. The average molecular weight is 550 g/mol. The van der Waals surface area contributed by atoms with Gasteiger partial charge in [-0.2, -0.15) is 5.10 Å². The van der Waals surface area contributed by atoms with Crippen LogP contribution in [0.15, 0.2) is 41.5 Å². The van der Waals surface area contributed by atoms with Crippen molar-refractivity contribution in [2.75, 3.05) is 5.32 Å². The monoisotopic (exact) mass is 548 g/mol. The highest BCUT2D eigenvalue weighted by Crippen LogP contribution is 2.64. The summed E-state index contributed by atoms with van der Waals surface area (Å²) in [4.78, 5) is 18.0. The molecule has 172 valence electrons. The van der Waals surface area contributed by atoms with Gasteiger partial charge in [0.1, 0.15) is 11.3 Å². The number of rotatable bonds is 5.